The van der Waals surface area contributed by atoms with Crippen LogP contribution in [0.2, 0.25) is 0 Å². The van der Waals surface area contributed by atoms with E-state index in [0.29, 0.717) is 16.6 Å². The highest BCUT2D eigenvalue weighted by Crippen LogP contribution is 2.12. The van der Waals surface area contributed by atoms with E-state index in [4.69, 9.17) is 21.7 Å². The molecular weight excluding hydrogens is 589 g/mol. The topological polar surface area (TPSA) is 90.0 Å². The summed E-state index contributed by atoms with van der Waals surface area (Å²) in [7, 11) is 6.00. The molecule has 5 rings (SSSR count). The van der Waals surface area contributed by atoms with Crippen molar-refractivity contribution < 1.29 is 9.52 Å². The maximum Gasteiger partial charge on any atom is 0.189 e. The van der Waals surface area contributed by atoms with Gasteiger partial charge in [0.25, 0.3) is 0 Å². The third kappa shape index (κ3) is 14.7. The summed E-state index contributed by atoms with van der Waals surface area (Å²) >= 11 is 7.17. The number of phenolic OH excluding ortho intramolecular Hbond substituents is 1. The molecule has 2 N–H and O–H groups in total. The number of para-hydroxylation sites is 1. The summed E-state index contributed by atoms with van der Waals surface area (Å²) in [6.45, 7) is 7.62. The Bertz CT molecular complexity index is 1380. The first-order valence-electron chi connectivity index (χ1n) is 14.0. The van der Waals surface area contributed by atoms with Crippen LogP contribution in [0.15, 0.2) is 118 Å². The molecule has 0 atom stereocenters. The van der Waals surface area contributed by atoms with Gasteiger partial charge in [0, 0.05) is 37.4 Å². The van der Waals surface area contributed by atoms with E-state index in [-0.39, 0.29) is 0 Å². The van der Waals surface area contributed by atoms with E-state index in [9.17, 15) is 0 Å². The molecule has 4 aromatic heterocycles. The van der Waals surface area contributed by atoms with Gasteiger partial charge in [0.05, 0.1) is 17.7 Å². The molecule has 0 saturated heterocycles. The lowest BCUT2D eigenvalue weighted by Gasteiger charge is -2.21. The van der Waals surface area contributed by atoms with Gasteiger partial charge in [0.1, 0.15) is 17.2 Å². The number of rotatable bonds is 6. The van der Waals surface area contributed by atoms with Gasteiger partial charge in [-0.2, -0.15) is 5.10 Å². The standard InChI is InChI=1S/C17H22N6S.C7H8O.C5H6O.C5H6S/c1-22(2)12-13-23(3)17(24)21-20-16(14-8-4-6-10-18-14)15-9-5-7-11-19-15;1-6-4-2-3-5-7(6)8;2*1-5-3-2-4-6-5/h4-11H,12-13H2,1-3H3,(H,21,24);2-5,8H,1H3;2*2-4H,1H3. The normalized spacial score (nSPS) is 9.70. The second-order valence-corrected chi connectivity index (χ2v) is 11.3. The van der Waals surface area contributed by atoms with E-state index in [1.807, 2.05) is 107 Å². The fourth-order valence-electron chi connectivity index (χ4n) is 3.18. The van der Waals surface area contributed by atoms with Gasteiger partial charge in [-0.1, -0.05) is 36.4 Å². The first-order valence-corrected chi connectivity index (χ1v) is 15.3. The number of aromatic hydroxyl groups is 1. The number of aromatic nitrogens is 2. The highest BCUT2D eigenvalue weighted by atomic mass is 32.1. The summed E-state index contributed by atoms with van der Waals surface area (Å²) in [5.41, 5.74) is 6.00. The molecular formula is C34H42N6O2S2. The summed E-state index contributed by atoms with van der Waals surface area (Å²) in [4.78, 5) is 14.2. The molecule has 5 aromatic rings. The number of aryl methyl sites for hydroxylation is 3. The molecule has 0 spiro atoms. The van der Waals surface area contributed by atoms with Crippen LogP contribution in [0.3, 0.4) is 0 Å². The molecule has 0 unspecified atom stereocenters. The minimum atomic E-state index is 0.368. The Hall–Kier alpha value is -4.38. The number of thiophene rings is 1. The largest absolute Gasteiger partial charge is 0.508 e. The summed E-state index contributed by atoms with van der Waals surface area (Å²) in [6, 6.07) is 26.6. The highest BCUT2D eigenvalue weighted by molar-refractivity contribution is 7.80. The van der Waals surface area contributed by atoms with Crippen molar-refractivity contribution in [3.05, 3.63) is 137 Å². The molecule has 4 heterocycles. The van der Waals surface area contributed by atoms with Crippen LogP contribution < -0.4 is 5.43 Å². The lowest BCUT2D eigenvalue weighted by molar-refractivity contribution is 0.355. The first kappa shape index (κ1) is 35.8. The zero-order chi connectivity index (χ0) is 32.2. The van der Waals surface area contributed by atoms with Crippen molar-refractivity contribution in [2.24, 2.45) is 5.10 Å². The van der Waals surface area contributed by atoms with E-state index in [1.54, 1.807) is 36.1 Å². The van der Waals surface area contributed by atoms with Gasteiger partial charge < -0.3 is 19.3 Å². The van der Waals surface area contributed by atoms with E-state index in [2.05, 4.69) is 49.8 Å². The molecule has 10 heteroatoms. The number of hydrogen-bond acceptors (Lipinski definition) is 8. The maximum absolute atomic E-state index is 8.92. The minimum Gasteiger partial charge on any atom is -0.508 e. The van der Waals surface area contributed by atoms with Crippen molar-refractivity contribution in [1.82, 2.24) is 25.2 Å². The van der Waals surface area contributed by atoms with Crippen molar-refractivity contribution in [3.63, 3.8) is 0 Å². The van der Waals surface area contributed by atoms with Crippen LogP contribution in [0, 0.1) is 20.8 Å². The summed E-state index contributed by atoms with van der Waals surface area (Å²) in [5, 5.41) is 16.0. The van der Waals surface area contributed by atoms with Gasteiger partial charge in [0.15, 0.2) is 5.11 Å². The van der Waals surface area contributed by atoms with Crippen molar-refractivity contribution in [2.45, 2.75) is 20.8 Å². The van der Waals surface area contributed by atoms with Crippen molar-refractivity contribution in [3.8, 4) is 5.75 Å². The molecule has 0 bridgehead atoms. The molecule has 0 radical (unpaired) electrons. The first-order chi connectivity index (χ1) is 21.2. The molecule has 0 saturated carbocycles. The predicted octanol–water partition coefficient (Wildman–Crippen LogP) is 6.94. The Morgan fingerprint density at radius 3 is 1.84 bits per heavy atom. The quantitative estimate of drug-likeness (QED) is 0.119. The minimum absolute atomic E-state index is 0.368. The third-order valence-corrected chi connectivity index (χ3v) is 6.95. The number of phenols is 1. The Kier molecular flexibility index (Phi) is 16.7. The molecule has 0 aliphatic carbocycles. The predicted molar refractivity (Wildman–Crippen MR) is 186 cm³/mol. The van der Waals surface area contributed by atoms with Crippen LogP contribution in [0.25, 0.3) is 0 Å². The second kappa shape index (κ2) is 20.5. The van der Waals surface area contributed by atoms with Crippen molar-refractivity contribution in [2.75, 3.05) is 34.2 Å². The number of nitrogens with one attached hydrogen (secondary N) is 1. The number of nitrogens with zero attached hydrogens (tertiary/aromatic N) is 5. The molecule has 8 nitrogen and oxygen atoms in total. The fourth-order valence-corrected chi connectivity index (χ4v) is 3.84. The number of benzene rings is 1. The monoisotopic (exact) mass is 630 g/mol. The van der Waals surface area contributed by atoms with E-state index >= 15 is 0 Å². The number of hydrogen-bond donors (Lipinski definition) is 2. The number of likely N-dealkylation sites (N-methyl/N-ethyl adjacent to an activating group) is 2. The summed E-state index contributed by atoms with van der Waals surface area (Å²) in [6.07, 6.45) is 5.12. The van der Waals surface area contributed by atoms with Crippen LogP contribution in [0.1, 0.15) is 27.6 Å². The molecule has 0 amide bonds. The Labute approximate surface area is 270 Å². The molecule has 1 aromatic carbocycles. The molecule has 0 aliphatic heterocycles. The fraction of sp³-hybridized carbons (Fsp3) is 0.235. The van der Waals surface area contributed by atoms with Crippen LogP contribution >= 0.6 is 23.6 Å². The zero-order valence-electron chi connectivity index (χ0n) is 26.2. The van der Waals surface area contributed by atoms with Crippen LogP contribution in [0.5, 0.6) is 5.75 Å². The lowest BCUT2D eigenvalue weighted by Crippen LogP contribution is -2.38. The van der Waals surface area contributed by atoms with Gasteiger partial charge >= 0.3 is 0 Å². The van der Waals surface area contributed by atoms with E-state index < -0.39 is 0 Å². The van der Waals surface area contributed by atoms with Crippen LogP contribution in [-0.2, 0) is 0 Å². The Morgan fingerprint density at radius 2 is 1.48 bits per heavy atom. The molecule has 0 fully saturated rings. The highest BCUT2D eigenvalue weighted by Gasteiger charge is 2.11. The molecule has 0 aliphatic rings. The van der Waals surface area contributed by atoms with Gasteiger partial charge in [-0.15, -0.1) is 11.3 Å². The van der Waals surface area contributed by atoms with Gasteiger partial charge in [-0.05, 0) is 107 Å². The maximum atomic E-state index is 8.92. The SMILES string of the molecule is CN(C)CCN(C)C(=S)NN=C(c1ccccn1)c1ccccn1.Cc1ccccc1O.Cc1ccco1.Cc1cccs1. The van der Waals surface area contributed by atoms with Gasteiger partial charge in [-0.25, -0.2) is 0 Å². The summed E-state index contributed by atoms with van der Waals surface area (Å²) in [5.74, 6) is 1.34. The van der Waals surface area contributed by atoms with Crippen molar-refractivity contribution >= 4 is 34.4 Å². The van der Waals surface area contributed by atoms with Gasteiger partial charge in [-0.3, -0.25) is 15.4 Å². The molecule has 232 valence electrons. The lowest BCUT2D eigenvalue weighted by atomic mass is 10.1. The number of thiocarbonyl (C=S) groups is 1. The Morgan fingerprint density at radius 1 is 0.841 bits per heavy atom. The zero-order valence-corrected chi connectivity index (χ0v) is 27.8. The number of pyridine rings is 2. The van der Waals surface area contributed by atoms with Crippen LogP contribution in [0.4, 0.5) is 0 Å². The molecule has 44 heavy (non-hydrogen) atoms. The second-order valence-electron chi connectivity index (χ2n) is 9.77. The summed E-state index contributed by atoms with van der Waals surface area (Å²) < 4.78 is 4.83. The number of hydrazone groups is 1. The van der Waals surface area contributed by atoms with Crippen molar-refractivity contribution in [1.29, 1.82) is 0 Å². The number of furan rings is 1. The van der Waals surface area contributed by atoms with Crippen LogP contribution in [-0.4, -0.2) is 69.9 Å². The van der Waals surface area contributed by atoms with Gasteiger partial charge in [0.2, 0.25) is 0 Å². The average molecular weight is 631 g/mol. The smallest absolute Gasteiger partial charge is 0.189 e. The van der Waals surface area contributed by atoms with E-state index in [0.717, 1.165) is 35.8 Å². The Balaban J connectivity index is 0.000000268. The average Bonchev–Trinajstić information content (AvgIpc) is 3.72. The third-order valence-electron chi connectivity index (χ3n) is 5.75. The van der Waals surface area contributed by atoms with E-state index in [1.165, 1.54) is 4.88 Å².